The molecule has 0 radical (unpaired) electrons. The van der Waals surface area contributed by atoms with Gasteiger partial charge in [0.05, 0.1) is 51.4 Å². The van der Waals surface area contributed by atoms with E-state index in [1.165, 1.54) is 5.56 Å². The van der Waals surface area contributed by atoms with Crippen molar-refractivity contribution in [2.75, 3.05) is 0 Å². The lowest BCUT2D eigenvalue weighted by Crippen LogP contribution is -2.04. The van der Waals surface area contributed by atoms with Crippen molar-refractivity contribution in [1.82, 2.24) is 14.5 Å². The highest BCUT2D eigenvalue weighted by Gasteiger charge is 2.25. The van der Waals surface area contributed by atoms with Gasteiger partial charge >= 0.3 is 0 Å². The van der Waals surface area contributed by atoms with Gasteiger partial charge in [0, 0.05) is 49.7 Å². The van der Waals surface area contributed by atoms with Crippen LogP contribution in [0.2, 0.25) is 0 Å². The highest BCUT2D eigenvalue weighted by molar-refractivity contribution is 6.12. The number of nitrogens with zero attached hydrogens (tertiary/aromatic N) is 5. The zero-order valence-electron chi connectivity index (χ0n) is 32.7. The van der Waals surface area contributed by atoms with E-state index in [2.05, 4.69) is 127 Å². The van der Waals surface area contributed by atoms with Crippen LogP contribution in [0.15, 0.2) is 194 Å². The summed E-state index contributed by atoms with van der Waals surface area (Å²) < 4.78 is 2.30. The highest BCUT2D eigenvalue weighted by atomic mass is 15.0. The minimum atomic E-state index is 0.526. The van der Waals surface area contributed by atoms with Crippen molar-refractivity contribution in [3.05, 3.63) is 211 Å². The van der Waals surface area contributed by atoms with E-state index >= 15 is 0 Å². The minimum Gasteiger partial charge on any atom is -0.308 e. The summed E-state index contributed by atoms with van der Waals surface area (Å²) in [5.74, 6) is 0.526. The zero-order chi connectivity index (χ0) is 40.6. The van der Waals surface area contributed by atoms with Gasteiger partial charge in [-0.2, -0.15) is 10.5 Å². The van der Waals surface area contributed by atoms with Crippen LogP contribution in [0, 0.1) is 29.6 Å². The number of rotatable bonds is 7. The molecule has 2 aromatic heterocycles. The molecule has 0 atom stereocenters. The molecule has 0 aliphatic rings. The van der Waals surface area contributed by atoms with E-state index in [9.17, 15) is 10.5 Å². The monoisotopic (exact) mass is 765 g/mol. The van der Waals surface area contributed by atoms with Crippen LogP contribution >= 0.6 is 0 Å². The zero-order valence-corrected chi connectivity index (χ0v) is 32.7. The molecule has 10 rings (SSSR count). The van der Waals surface area contributed by atoms with E-state index in [1.807, 2.05) is 91.0 Å². The van der Waals surface area contributed by atoms with E-state index in [1.54, 1.807) is 0 Å². The molecule has 0 saturated heterocycles. The average molecular weight is 766 g/mol. The Morgan fingerprint density at radius 1 is 0.400 bits per heavy atom. The quantitative estimate of drug-likeness (QED) is 0.162. The number of para-hydroxylation sites is 1. The third-order valence-corrected chi connectivity index (χ3v) is 11.2. The Hall–Kier alpha value is -8.38. The lowest BCUT2D eigenvalue weighted by molar-refractivity contribution is 1.16. The third-order valence-electron chi connectivity index (χ3n) is 11.2. The Bertz CT molecular complexity index is 3200. The van der Waals surface area contributed by atoms with Gasteiger partial charge < -0.3 is 4.57 Å². The Balaban J connectivity index is 1.34. The molecule has 0 saturated carbocycles. The number of aryl methyl sites for hydroxylation is 1. The molecule has 0 N–H and O–H groups in total. The molecule has 2 heterocycles. The second kappa shape index (κ2) is 15.2. The fraction of sp³-hybridized carbons (Fsp3) is 0.0182. The summed E-state index contributed by atoms with van der Waals surface area (Å²) in [6.07, 6.45) is 0. The Morgan fingerprint density at radius 3 is 1.48 bits per heavy atom. The molecule has 0 aliphatic carbocycles. The van der Waals surface area contributed by atoms with Crippen LogP contribution in [0.5, 0.6) is 0 Å². The van der Waals surface area contributed by atoms with Crippen LogP contribution in [-0.4, -0.2) is 14.5 Å². The van der Waals surface area contributed by atoms with Crippen LogP contribution in [0.25, 0.3) is 94.8 Å². The van der Waals surface area contributed by atoms with Gasteiger partial charge in [-0.05, 0) is 66.6 Å². The predicted molar refractivity (Wildman–Crippen MR) is 243 cm³/mol. The molecule has 0 fully saturated rings. The van der Waals surface area contributed by atoms with E-state index in [0.29, 0.717) is 17.0 Å². The van der Waals surface area contributed by atoms with Gasteiger partial charge in [-0.1, -0.05) is 151 Å². The van der Waals surface area contributed by atoms with Crippen molar-refractivity contribution >= 4 is 21.8 Å². The SMILES string of the molecule is Cc1ccc(-c2ccc3c(c2)c2ccccc2n3-c2c(-c3ccccc3C#N)cc(-c3nc(-c4ccccc4)cc(-c4ccccc4)n3)cc2-c2ccccc2C#N)cc1. The van der Waals surface area contributed by atoms with E-state index in [4.69, 9.17) is 9.97 Å². The number of fused-ring (bicyclic) bond motifs is 3. The summed E-state index contributed by atoms with van der Waals surface area (Å²) in [7, 11) is 0. The highest BCUT2D eigenvalue weighted by Crippen LogP contribution is 2.45. The van der Waals surface area contributed by atoms with Crippen LogP contribution in [0.4, 0.5) is 0 Å². The predicted octanol–water partition coefficient (Wildman–Crippen LogP) is 13.6. The van der Waals surface area contributed by atoms with Crippen LogP contribution in [0.1, 0.15) is 16.7 Å². The van der Waals surface area contributed by atoms with Crippen LogP contribution in [0.3, 0.4) is 0 Å². The maximum atomic E-state index is 10.7. The summed E-state index contributed by atoms with van der Waals surface area (Å²) in [5.41, 5.74) is 14.8. The van der Waals surface area contributed by atoms with Crippen molar-refractivity contribution in [3.8, 4) is 85.1 Å². The van der Waals surface area contributed by atoms with Crippen molar-refractivity contribution in [2.24, 2.45) is 0 Å². The minimum absolute atomic E-state index is 0.526. The second-order valence-corrected chi connectivity index (χ2v) is 14.9. The van der Waals surface area contributed by atoms with Crippen molar-refractivity contribution in [3.63, 3.8) is 0 Å². The molecule has 0 bridgehead atoms. The summed E-state index contributed by atoms with van der Waals surface area (Å²) >= 11 is 0. The summed E-state index contributed by atoms with van der Waals surface area (Å²) in [5, 5.41) is 23.5. The first kappa shape index (κ1) is 36.0. The maximum Gasteiger partial charge on any atom is 0.160 e. The molecule has 8 aromatic carbocycles. The van der Waals surface area contributed by atoms with Gasteiger partial charge in [-0.25, -0.2) is 9.97 Å². The van der Waals surface area contributed by atoms with Gasteiger partial charge in [-0.3, -0.25) is 0 Å². The Kier molecular flexibility index (Phi) is 9.10. The van der Waals surface area contributed by atoms with Crippen molar-refractivity contribution in [1.29, 1.82) is 10.5 Å². The van der Waals surface area contributed by atoms with Crippen LogP contribution < -0.4 is 0 Å². The summed E-state index contributed by atoms with van der Waals surface area (Å²) in [4.78, 5) is 10.5. The Morgan fingerprint density at radius 2 is 0.900 bits per heavy atom. The number of nitriles is 2. The van der Waals surface area contributed by atoms with Gasteiger partial charge in [0.2, 0.25) is 0 Å². The van der Waals surface area contributed by atoms with E-state index in [0.717, 1.165) is 89.0 Å². The first-order valence-corrected chi connectivity index (χ1v) is 19.9. The fourth-order valence-electron chi connectivity index (χ4n) is 8.28. The standard InChI is InChI=1S/C55H35N5/c1-36-24-26-37(27-25-36)40-28-29-53-47(30-40)46-22-12-13-23-52(46)60(53)54-48(44-20-10-8-18-41(44)34-56)31-43(32-49(54)45-21-11-9-19-42(45)35-57)55-58-50(38-14-4-2-5-15-38)33-51(59-55)39-16-6-3-7-17-39/h2-33H,1H3. The van der Waals surface area contributed by atoms with Crippen LogP contribution in [-0.2, 0) is 0 Å². The number of hydrogen-bond donors (Lipinski definition) is 0. The molecule has 60 heavy (non-hydrogen) atoms. The van der Waals surface area contributed by atoms with E-state index in [-0.39, 0.29) is 0 Å². The average Bonchev–Trinajstić information content (AvgIpc) is 3.65. The molecule has 0 unspecified atom stereocenters. The van der Waals surface area contributed by atoms with E-state index < -0.39 is 0 Å². The van der Waals surface area contributed by atoms with Gasteiger partial charge in [0.15, 0.2) is 5.82 Å². The summed E-state index contributed by atoms with van der Waals surface area (Å²) in [6.45, 7) is 2.10. The third kappa shape index (κ3) is 6.38. The summed E-state index contributed by atoms with van der Waals surface area (Å²) in [6, 6.07) is 70.6. The Labute approximate surface area is 348 Å². The second-order valence-electron chi connectivity index (χ2n) is 14.9. The normalized spacial score (nSPS) is 11.1. The fourth-order valence-corrected chi connectivity index (χ4v) is 8.28. The smallest absolute Gasteiger partial charge is 0.160 e. The lowest BCUT2D eigenvalue weighted by Gasteiger charge is -2.22. The molecule has 0 amide bonds. The molecule has 0 spiro atoms. The largest absolute Gasteiger partial charge is 0.308 e. The van der Waals surface area contributed by atoms with Gasteiger partial charge in [-0.15, -0.1) is 0 Å². The molecule has 5 heteroatoms. The molecular formula is C55H35N5. The van der Waals surface area contributed by atoms with Crippen molar-refractivity contribution in [2.45, 2.75) is 6.92 Å². The lowest BCUT2D eigenvalue weighted by atomic mass is 9.89. The van der Waals surface area contributed by atoms with Gasteiger partial charge in [0.25, 0.3) is 0 Å². The van der Waals surface area contributed by atoms with Crippen molar-refractivity contribution < 1.29 is 0 Å². The molecule has 10 aromatic rings. The molecule has 0 aliphatic heterocycles. The number of hydrogen-bond acceptors (Lipinski definition) is 4. The first-order chi connectivity index (χ1) is 29.6. The maximum absolute atomic E-state index is 10.7. The number of benzene rings is 8. The topological polar surface area (TPSA) is 78.3 Å². The first-order valence-electron chi connectivity index (χ1n) is 19.9. The molecule has 280 valence electrons. The molecular weight excluding hydrogens is 731 g/mol. The van der Waals surface area contributed by atoms with Gasteiger partial charge in [0.1, 0.15) is 0 Å². The molecule has 5 nitrogen and oxygen atoms in total. The number of aromatic nitrogens is 3.